The molecule has 0 aliphatic rings. The Bertz CT molecular complexity index is 1380. The quantitative estimate of drug-likeness (QED) is 0.320. The van der Waals surface area contributed by atoms with Crippen molar-refractivity contribution >= 4 is 29.5 Å². The van der Waals surface area contributed by atoms with Gasteiger partial charge in [0.1, 0.15) is 17.4 Å². The number of nitrogens with one attached hydrogen (secondary N) is 1. The van der Waals surface area contributed by atoms with Crippen LogP contribution in [0.4, 0.5) is 10.2 Å². The SMILES string of the molecule is CSc1ncc(C(=O)OCC(=O)Nc2c(C#N)cnn2-c2ccccc2)n1-c1ccc(F)cc1. The van der Waals surface area contributed by atoms with Crippen molar-refractivity contribution in [1.29, 1.82) is 5.26 Å². The summed E-state index contributed by atoms with van der Waals surface area (Å²) in [5, 5.41) is 16.6. The summed E-state index contributed by atoms with van der Waals surface area (Å²) in [5.41, 5.74) is 1.40. The third kappa shape index (κ3) is 4.67. The van der Waals surface area contributed by atoms with Crippen LogP contribution in [0, 0.1) is 17.1 Å². The van der Waals surface area contributed by atoms with Gasteiger partial charge in [0.15, 0.2) is 23.3 Å². The maximum atomic E-state index is 13.3. The predicted octanol–water partition coefficient (Wildman–Crippen LogP) is 3.59. The van der Waals surface area contributed by atoms with E-state index < -0.39 is 24.3 Å². The van der Waals surface area contributed by atoms with Crippen molar-refractivity contribution in [2.24, 2.45) is 0 Å². The highest BCUT2D eigenvalue weighted by atomic mass is 32.2. The minimum absolute atomic E-state index is 0.0794. The van der Waals surface area contributed by atoms with Crippen LogP contribution in [0.25, 0.3) is 11.4 Å². The van der Waals surface area contributed by atoms with Crippen LogP contribution < -0.4 is 5.32 Å². The molecule has 2 aromatic heterocycles. The van der Waals surface area contributed by atoms with Crippen molar-refractivity contribution in [1.82, 2.24) is 19.3 Å². The molecule has 11 heteroatoms. The van der Waals surface area contributed by atoms with E-state index in [1.54, 1.807) is 30.5 Å². The Morgan fingerprint density at radius 1 is 1.12 bits per heavy atom. The first kappa shape index (κ1) is 22.8. The molecule has 0 fully saturated rings. The standard InChI is InChI=1S/C23H17FN6O3S/c1-34-23-26-13-19(29(23)17-9-7-16(24)8-10-17)22(32)33-14-20(31)28-21-15(11-25)12-27-30(21)18-5-3-2-4-6-18/h2-10,12-13H,14H2,1H3,(H,28,31). The smallest absolute Gasteiger partial charge is 0.357 e. The van der Waals surface area contributed by atoms with Gasteiger partial charge in [-0.2, -0.15) is 10.4 Å². The summed E-state index contributed by atoms with van der Waals surface area (Å²) >= 11 is 1.29. The zero-order valence-electron chi connectivity index (χ0n) is 17.8. The number of aromatic nitrogens is 4. The molecule has 0 aliphatic heterocycles. The van der Waals surface area contributed by atoms with Crippen LogP contribution in [0.2, 0.25) is 0 Å². The van der Waals surface area contributed by atoms with E-state index >= 15 is 0 Å². The summed E-state index contributed by atoms with van der Waals surface area (Å²) in [7, 11) is 0. The predicted molar refractivity (Wildman–Crippen MR) is 122 cm³/mol. The van der Waals surface area contributed by atoms with Crippen LogP contribution in [0.3, 0.4) is 0 Å². The second-order valence-electron chi connectivity index (χ2n) is 6.83. The summed E-state index contributed by atoms with van der Waals surface area (Å²) in [6, 6.07) is 16.5. The highest BCUT2D eigenvalue weighted by Gasteiger charge is 2.21. The molecule has 9 nitrogen and oxygen atoms in total. The van der Waals surface area contributed by atoms with Crippen LogP contribution >= 0.6 is 11.8 Å². The molecule has 0 saturated carbocycles. The average molecular weight is 476 g/mol. The van der Waals surface area contributed by atoms with E-state index in [1.165, 1.54) is 57.7 Å². The van der Waals surface area contributed by atoms with Crippen LogP contribution in [-0.2, 0) is 9.53 Å². The lowest BCUT2D eigenvalue weighted by Crippen LogP contribution is -2.23. The lowest BCUT2D eigenvalue weighted by molar-refractivity contribution is -0.119. The van der Waals surface area contributed by atoms with Gasteiger partial charge in [-0.1, -0.05) is 30.0 Å². The van der Waals surface area contributed by atoms with Crippen molar-refractivity contribution in [2.75, 3.05) is 18.2 Å². The summed E-state index contributed by atoms with van der Waals surface area (Å²) in [6.07, 6.45) is 4.45. The Kier molecular flexibility index (Phi) is 6.70. The van der Waals surface area contributed by atoms with Gasteiger partial charge < -0.3 is 10.1 Å². The number of halogens is 1. The van der Waals surface area contributed by atoms with E-state index in [0.717, 1.165) is 0 Å². The fourth-order valence-corrected chi connectivity index (χ4v) is 3.70. The fourth-order valence-electron chi connectivity index (χ4n) is 3.15. The molecule has 0 aliphatic carbocycles. The molecule has 1 N–H and O–H groups in total. The number of hydrogen-bond donors (Lipinski definition) is 1. The van der Waals surface area contributed by atoms with E-state index in [0.29, 0.717) is 16.5 Å². The average Bonchev–Trinajstić information content (AvgIpc) is 3.47. The third-order valence-corrected chi connectivity index (χ3v) is 5.34. The number of hydrogen-bond acceptors (Lipinski definition) is 7. The second kappa shape index (κ2) is 10.0. The van der Waals surface area contributed by atoms with Crippen molar-refractivity contribution in [3.8, 4) is 17.4 Å². The van der Waals surface area contributed by atoms with Gasteiger partial charge in [-0.25, -0.2) is 18.9 Å². The molecule has 4 rings (SSSR count). The van der Waals surface area contributed by atoms with Gasteiger partial charge >= 0.3 is 5.97 Å². The first-order valence-corrected chi connectivity index (χ1v) is 11.1. The third-order valence-electron chi connectivity index (χ3n) is 4.69. The zero-order valence-corrected chi connectivity index (χ0v) is 18.6. The molecular formula is C23H17FN6O3S. The van der Waals surface area contributed by atoms with Crippen LogP contribution in [0.1, 0.15) is 16.1 Å². The number of carbonyl (C=O) groups excluding carboxylic acids is 2. The number of ether oxygens (including phenoxy) is 1. The number of nitrogens with zero attached hydrogens (tertiary/aromatic N) is 5. The largest absolute Gasteiger partial charge is 0.451 e. The summed E-state index contributed by atoms with van der Waals surface area (Å²) in [6.45, 7) is -0.604. The van der Waals surface area contributed by atoms with E-state index in [9.17, 15) is 19.2 Å². The summed E-state index contributed by atoms with van der Waals surface area (Å²) in [4.78, 5) is 29.5. The minimum atomic E-state index is -0.788. The molecule has 1 amide bonds. The van der Waals surface area contributed by atoms with Gasteiger partial charge in [0, 0.05) is 5.69 Å². The lowest BCUT2D eigenvalue weighted by Gasteiger charge is -2.12. The molecule has 0 radical (unpaired) electrons. The van der Waals surface area contributed by atoms with Crippen molar-refractivity contribution in [2.45, 2.75) is 5.16 Å². The van der Waals surface area contributed by atoms with Crippen molar-refractivity contribution < 1.29 is 18.7 Å². The highest BCUT2D eigenvalue weighted by Crippen LogP contribution is 2.23. The Morgan fingerprint density at radius 2 is 1.85 bits per heavy atom. The highest BCUT2D eigenvalue weighted by molar-refractivity contribution is 7.98. The number of esters is 1. The number of benzene rings is 2. The van der Waals surface area contributed by atoms with Gasteiger partial charge in [-0.05, 0) is 42.7 Å². The summed E-state index contributed by atoms with van der Waals surface area (Å²) < 4.78 is 21.5. The molecule has 2 heterocycles. The first-order valence-electron chi connectivity index (χ1n) is 9.90. The van der Waals surface area contributed by atoms with Crippen molar-refractivity contribution in [3.05, 3.63) is 84.1 Å². The maximum absolute atomic E-state index is 13.3. The van der Waals surface area contributed by atoms with Gasteiger partial charge in [0.05, 0.1) is 18.1 Å². The van der Waals surface area contributed by atoms with Crippen LogP contribution in [0.5, 0.6) is 0 Å². The normalized spacial score (nSPS) is 10.5. The fraction of sp³-hybridized carbons (Fsp3) is 0.0870. The van der Waals surface area contributed by atoms with Crippen LogP contribution in [-0.4, -0.2) is 44.1 Å². The van der Waals surface area contributed by atoms with Gasteiger partial charge in [0.25, 0.3) is 5.91 Å². The van der Waals surface area contributed by atoms with Crippen LogP contribution in [0.15, 0.2) is 72.1 Å². The second-order valence-corrected chi connectivity index (χ2v) is 7.61. The molecule has 0 bridgehead atoms. The number of rotatable bonds is 7. The molecule has 0 atom stereocenters. The lowest BCUT2D eigenvalue weighted by atomic mass is 10.3. The van der Waals surface area contributed by atoms with Crippen molar-refractivity contribution in [3.63, 3.8) is 0 Å². The van der Waals surface area contributed by atoms with Gasteiger partial charge in [-0.3, -0.25) is 9.36 Å². The van der Waals surface area contributed by atoms with E-state index in [-0.39, 0.29) is 17.1 Å². The number of imidazole rings is 1. The van der Waals surface area contributed by atoms with Gasteiger partial charge in [0.2, 0.25) is 0 Å². The molecule has 170 valence electrons. The molecule has 0 unspecified atom stereocenters. The number of para-hydroxylation sites is 1. The Balaban J connectivity index is 1.50. The number of carbonyl (C=O) groups is 2. The Hall–Kier alpha value is -4.43. The summed E-state index contributed by atoms with van der Waals surface area (Å²) in [5.74, 6) is -1.69. The zero-order chi connectivity index (χ0) is 24.1. The Labute approximate surface area is 197 Å². The molecule has 4 aromatic rings. The maximum Gasteiger partial charge on any atom is 0.357 e. The molecule has 2 aromatic carbocycles. The number of nitriles is 1. The monoisotopic (exact) mass is 476 g/mol. The number of amides is 1. The number of thioether (sulfide) groups is 1. The number of anilines is 1. The topological polar surface area (TPSA) is 115 Å². The van der Waals surface area contributed by atoms with E-state index in [1.807, 2.05) is 12.1 Å². The van der Waals surface area contributed by atoms with E-state index in [4.69, 9.17) is 4.74 Å². The molecule has 0 saturated heterocycles. The molecule has 34 heavy (non-hydrogen) atoms. The molecular weight excluding hydrogens is 459 g/mol. The van der Waals surface area contributed by atoms with Gasteiger partial charge in [-0.15, -0.1) is 0 Å². The Morgan fingerprint density at radius 3 is 2.53 bits per heavy atom. The first-order chi connectivity index (χ1) is 16.5. The minimum Gasteiger partial charge on any atom is -0.451 e. The molecule has 0 spiro atoms. The van der Waals surface area contributed by atoms with E-state index in [2.05, 4.69) is 15.4 Å².